The molecule has 0 saturated heterocycles. The minimum absolute atomic E-state index is 0.144. The molecule has 3 aromatic rings. The van der Waals surface area contributed by atoms with Gasteiger partial charge in [0.2, 0.25) is 0 Å². The monoisotopic (exact) mass is 388 g/mol. The summed E-state index contributed by atoms with van der Waals surface area (Å²) in [6, 6.07) is 13.3. The summed E-state index contributed by atoms with van der Waals surface area (Å²) in [5.74, 6) is -1.97. The van der Waals surface area contributed by atoms with Crippen molar-refractivity contribution in [1.29, 1.82) is 0 Å². The summed E-state index contributed by atoms with van der Waals surface area (Å²) < 4.78 is 26.4. The lowest BCUT2D eigenvalue weighted by atomic mass is 10.2. The molecule has 2 atom stereocenters. The zero-order valence-electron chi connectivity index (χ0n) is 15.0. The molecule has 2 aromatic carbocycles. The van der Waals surface area contributed by atoms with E-state index >= 15 is 0 Å². The number of carbonyl (C=O) groups is 1. The fourth-order valence-electron chi connectivity index (χ4n) is 2.63. The van der Waals surface area contributed by atoms with Gasteiger partial charge in [-0.15, -0.1) is 11.3 Å². The number of hydrogen-bond acceptors (Lipinski definition) is 3. The van der Waals surface area contributed by atoms with Crippen molar-refractivity contribution in [2.24, 2.45) is 0 Å². The van der Waals surface area contributed by atoms with E-state index in [9.17, 15) is 13.6 Å². The fraction of sp³-hybridized carbons (Fsp3) is 0.200. The Labute approximate surface area is 160 Å². The van der Waals surface area contributed by atoms with Crippen LogP contribution in [-0.2, 0) is 11.3 Å². The Bertz CT molecular complexity index is 930. The molecule has 0 radical (unpaired) electrons. The predicted molar refractivity (Wildman–Crippen MR) is 103 cm³/mol. The van der Waals surface area contributed by atoms with Crippen LogP contribution in [0.5, 0.6) is 0 Å². The van der Waals surface area contributed by atoms with Crippen LogP contribution in [-0.4, -0.2) is 24.0 Å². The zero-order chi connectivity index (χ0) is 19.4. The van der Waals surface area contributed by atoms with E-state index < -0.39 is 11.6 Å². The molecule has 0 saturated carbocycles. The molecule has 1 heterocycles. The molecule has 0 aliphatic carbocycles. The molecule has 1 amide bonds. The highest BCUT2D eigenvalue weighted by Gasteiger charge is 2.23. The van der Waals surface area contributed by atoms with E-state index in [1.54, 1.807) is 5.38 Å². The quantitative estimate of drug-likeness (QED) is 0.682. The number of hydrogen-bond donors (Lipinski definition) is 2. The standard InChI is InChI=1S/C20H19F2N3OS/c1-13(25(2)11-14-6-4-3-5-7-14)19(26)24-20-23-18(12-27-20)15-8-9-16(21)17(22)10-15/h3-10,12-13H,11H2,1-2H3,(H,23,24,26)/p+1/t13-/m1/s1. The average Bonchev–Trinajstić information content (AvgIpc) is 3.12. The van der Waals surface area contributed by atoms with Crippen molar-refractivity contribution in [2.45, 2.75) is 19.5 Å². The Morgan fingerprint density at radius 2 is 1.93 bits per heavy atom. The molecule has 0 aliphatic rings. The van der Waals surface area contributed by atoms with Gasteiger partial charge in [-0.1, -0.05) is 30.3 Å². The van der Waals surface area contributed by atoms with Gasteiger partial charge in [0, 0.05) is 16.5 Å². The molecular weight excluding hydrogens is 368 g/mol. The third-order valence-corrected chi connectivity index (χ3v) is 5.17. The normalized spacial score (nSPS) is 13.2. The van der Waals surface area contributed by atoms with Gasteiger partial charge in [-0.25, -0.2) is 13.8 Å². The lowest BCUT2D eigenvalue weighted by molar-refractivity contribution is -0.907. The Morgan fingerprint density at radius 1 is 1.19 bits per heavy atom. The third-order valence-electron chi connectivity index (χ3n) is 4.41. The summed E-state index contributed by atoms with van der Waals surface area (Å²) in [7, 11) is 1.96. The van der Waals surface area contributed by atoms with Gasteiger partial charge < -0.3 is 4.90 Å². The molecule has 0 fully saturated rings. The second-order valence-corrected chi connectivity index (χ2v) is 7.24. The van der Waals surface area contributed by atoms with E-state index in [1.807, 2.05) is 44.3 Å². The van der Waals surface area contributed by atoms with Crippen LogP contribution in [0, 0.1) is 11.6 Å². The molecule has 140 valence electrons. The molecule has 27 heavy (non-hydrogen) atoms. The molecule has 7 heteroatoms. The Kier molecular flexibility index (Phi) is 5.93. The van der Waals surface area contributed by atoms with E-state index in [0.717, 1.165) is 29.1 Å². The number of benzene rings is 2. The largest absolute Gasteiger partial charge is 0.324 e. The number of nitrogens with zero attached hydrogens (tertiary/aromatic N) is 1. The molecule has 0 aliphatic heterocycles. The van der Waals surface area contributed by atoms with Crippen molar-refractivity contribution in [2.75, 3.05) is 12.4 Å². The number of rotatable bonds is 6. The maximum absolute atomic E-state index is 13.4. The lowest BCUT2D eigenvalue weighted by Crippen LogP contribution is -3.12. The minimum atomic E-state index is -0.925. The van der Waals surface area contributed by atoms with Crippen LogP contribution in [0.2, 0.25) is 0 Å². The number of thiazole rings is 1. The van der Waals surface area contributed by atoms with Crippen molar-refractivity contribution in [3.05, 3.63) is 71.1 Å². The number of aromatic nitrogens is 1. The first-order valence-electron chi connectivity index (χ1n) is 8.52. The molecule has 0 bridgehead atoms. The van der Waals surface area contributed by atoms with Gasteiger partial charge in [0.15, 0.2) is 22.8 Å². The number of nitrogens with one attached hydrogen (secondary N) is 2. The summed E-state index contributed by atoms with van der Waals surface area (Å²) in [4.78, 5) is 17.9. The predicted octanol–water partition coefficient (Wildman–Crippen LogP) is 3.13. The van der Waals surface area contributed by atoms with Crippen LogP contribution >= 0.6 is 11.3 Å². The number of carbonyl (C=O) groups excluding carboxylic acids is 1. The van der Waals surface area contributed by atoms with Gasteiger partial charge in [-0.05, 0) is 25.1 Å². The highest BCUT2D eigenvalue weighted by molar-refractivity contribution is 7.14. The van der Waals surface area contributed by atoms with Crippen molar-refractivity contribution in [3.63, 3.8) is 0 Å². The minimum Gasteiger partial charge on any atom is -0.324 e. The molecule has 1 aromatic heterocycles. The first-order chi connectivity index (χ1) is 12.9. The van der Waals surface area contributed by atoms with Crippen LogP contribution in [0.15, 0.2) is 53.9 Å². The van der Waals surface area contributed by atoms with E-state index in [-0.39, 0.29) is 11.9 Å². The average molecular weight is 388 g/mol. The second-order valence-electron chi connectivity index (χ2n) is 6.39. The summed E-state index contributed by atoms with van der Waals surface area (Å²) in [6.07, 6.45) is 0. The third kappa shape index (κ3) is 4.75. The maximum Gasteiger partial charge on any atom is 0.284 e. The van der Waals surface area contributed by atoms with Crippen molar-refractivity contribution < 1.29 is 18.5 Å². The highest BCUT2D eigenvalue weighted by Crippen LogP contribution is 2.26. The first-order valence-corrected chi connectivity index (χ1v) is 9.40. The van der Waals surface area contributed by atoms with Crippen LogP contribution in [0.25, 0.3) is 11.3 Å². The maximum atomic E-state index is 13.4. The van der Waals surface area contributed by atoms with Gasteiger partial charge in [-0.2, -0.15) is 0 Å². The number of likely N-dealkylation sites (N-methyl/N-ethyl adjacent to an activating group) is 1. The fourth-order valence-corrected chi connectivity index (χ4v) is 3.35. The van der Waals surface area contributed by atoms with Crippen LogP contribution in [0.1, 0.15) is 12.5 Å². The molecule has 4 nitrogen and oxygen atoms in total. The SMILES string of the molecule is C[C@H](C(=O)Nc1nc(-c2ccc(F)c(F)c2)cs1)[NH+](C)Cc1ccccc1. The summed E-state index contributed by atoms with van der Waals surface area (Å²) in [5.41, 5.74) is 2.11. The van der Waals surface area contributed by atoms with Gasteiger partial charge in [0.1, 0.15) is 6.54 Å². The second kappa shape index (κ2) is 8.37. The Morgan fingerprint density at radius 3 is 2.63 bits per heavy atom. The number of anilines is 1. The van der Waals surface area contributed by atoms with Gasteiger partial charge in [0.05, 0.1) is 12.7 Å². The summed E-state index contributed by atoms with van der Waals surface area (Å²) in [6.45, 7) is 2.59. The molecule has 2 N–H and O–H groups in total. The van der Waals surface area contributed by atoms with E-state index in [4.69, 9.17) is 0 Å². The molecule has 1 unspecified atom stereocenters. The van der Waals surface area contributed by atoms with Crippen LogP contribution < -0.4 is 10.2 Å². The Hall–Kier alpha value is -2.64. The van der Waals surface area contributed by atoms with Crippen LogP contribution in [0.4, 0.5) is 13.9 Å². The zero-order valence-corrected chi connectivity index (χ0v) is 15.8. The van der Waals surface area contributed by atoms with E-state index in [2.05, 4.69) is 10.3 Å². The van der Waals surface area contributed by atoms with Gasteiger partial charge in [-0.3, -0.25) is 10.1 Å². The van der Waals surface area contributed by atoms with Gasteiger partial charge in [0.25, 0.3) is 5.91 Å². The summed E-state index contributed by atoms with van der Waals surface area (Å²) >= 11 is 1.25. The lowest BCUT2D eigenvalue weighted by Gasteiger charge is -2.20. The first kappa shape index (κ1) is 19.1. The smallest absolute Gasteiger partial charge is 0.284 e. The van der Waals surface area contributed by atoms with Gasteiger partial charge >= 0.3 is 0 Å². The topological polar surface area (TPSA) is 46.4 Å². The molecular formula is C20H20F2N3OS+. The Balaban J connectivity index is 1.63. The molecule has 0 spiro atoms. The van der Waals surface area contributed by atoms with Crippen molar-refractivity contribution in [3.8, 4) is 11.3 Å². The number of amides is 1. The number of quaternary nitrogens is 1. The van der Waals surface area contributed by atoms with E-state index in [0.29, 0.717) is 16.4 Å². The number of halogens is 2. The van der Waals surface area contributed by atoms with Crippen molar-refractivity contribution in [1.82, 2.24) is 4.98 Å². The summed E-state index contributed by atoms with van der Waals surface area (Å²) in [5, 5.41) is 4.94. The van der Waals surface area contributed by atoms with Crippen molar-refractivity contribution >= 4 is 22.4 Å². The van der Waals surface area contributed by atoms with E-state index in [1.165, 1.54) is 17.4 Å². The molecule has 3 rings (SSSR count). The highest BCUT2D eigenvalue weighted by atomic mass is 32.1. The van der Waals surface area contributed by atoms with Crippen LogP contribution in [0.3, 0.4) is 0 Å².